The number of hydrogen-bond donors (Lipinski definition) is 0. The van der Waals surface area contributed by atoms with Crippen LogP contribution in [0.25, 0.3) is 0 Å². The Hall–Kier alpha value is -0.820. The van der Waals surface area contributed by atoms with Crippen molar-refractivity contribution in [3.05, 3.63) is 35.4 Å². The lowest BCUT2D eigenvalue weighted by atomic mass is 9.58. The lowest BCUT2D eigenvalue weighted by molar-refractivity contribution is 0.00886. The van der Waals surface area contributed by atoms with Crippen molar-refractivity contribution in [3.8, 4) is 0 Å². The van der Waals surface area contributed by atoms with Crippen LogP contribution in [0, 0.1) is 11.8 Å². The van der Waals surface area contributed by atoms with Crippen molar-refractivity contribution in [2.45, 2.75) is 140 Å². The van der Waals surface area contributed by atoms with E-state index in [9.17, 15) is 0 Å². The molecule has 3 fully saturated rings. The molecule has 0 spiro atoms. The zero-order valence-electron chi connectivity index (χ0n) is 21.3. The van der Waals surface area contributed by atoms with Gasteiger partial charge in [-0.25, -0.2) is 0 Å². The molecule has 0 unspecified atom stereocenters. The molecule has 0 saturated heterocycles. The standard InChI is InChI=1S/C31H50O/c1-3-5-7-10-25-11-13-26(14-12-25)27-15-17-28(18-16-27)31(23-8-6-9-24-31)29-19-21-30(22-20-29)32-4-2/h15-18,25-26,29-30H,3-14,19-24H2,1-2H3. The minimum atomic E-state index is 0.449. The fraction of sp³-hybridized carbons (Fsp3) is 0.806. The van der Waals surface area contributed by atoms with Crippen LogP contribution < -0.4 is 0 Å². The molecule has 0 aliphatic heterocycles. The van der Waals surface area contributed by atoms with Gasteiger partial charge in [-0.05, 0) is 105 Å². The molecule has 1 aromatic rings. The molecule has 3 saturated carbocycles. The summed E-state index contributed by atoms with van der Waals surface area (Å²) in [5, 5.41) is 0. The van der Waals surface area contributed by atoms with Crippen LogP contribution in [-0.2, 0) is 10.2 Å². The molecular weight excluding hydrogens is 388 g/mol. The SMILES string of the molecule is CCCCCC1CCC(c2ccc(C3(C4CCC(OCC)CC4)CCCCC3)cc2)CC1. The van der Waals surface area contributed by atoms with E-state index in [4.69, 9.17) is 4.74 Å². The molecule has 0 heterocycles. The van der Waals surface area contributed by atoms with Crippen molar-refractivity contribution in [3.63, 3.8) is 0 Å². The quantitative estimate of drug-likeness (QED) is 0.349. The second kappa shape index (κ2) is 12.0. The lowest BCUT2D eigenvalue weighted by Gasteiger charge is -2.47. The highest BCUT2D eigenvalue weighted by molar-refractivity contribution is 5.33. The first-order chi connectivity index (χ1) is 15.7. The van der Waals surface area contributed by atoms with Gasteiger partial charge in [-0.15, -0.1) is 0 Å². The van der Waals surface area contributed by atoms with Gasteiger partial charge >= 0.3 is 0 Å². The maximum atomic E-state index is 5.97. The van der Waals surface area contributed by atoms with Gasteiger partial charge in [0.15, 0.2) is 0 Å². The Balaban J connectivity index is 1.39. The van der Waals surface area contributed by atoms with Crippen LogP contribution >= 0.6 is 0 Å². The van der Waals surface area contributed by atoms with Crippen molar-refractivity contribution in [2.75, 3.05) is 6.61 Å². The molecule has 1 heteroatoms. The Morgan fingerprint density at radius 2 is 1.47 bits per heavy atom. The Bertz CT molecular complexity index is 640. The highest BCUT2D eigenvalue weighted by Gasteiger charge is 2.42. The Labute approximate surface area is 199 Å². The minimum absolute atomic E-state index is 0.449. The average Bonchev–Trinajstić information content (AvgIpc) is 2.86. The van der Waals surface area contributed by atoms with Crippen molar-refractivity contribution in [1.29, 1.82) is 0 Å². The third-order valence-corrected chi connectivity index (χ3v) is 9.62. The van der Waals surface area contributed by atoms with Gasteiger partial charge in [0.05, 0.1) is 6.10 Å². The van der Waals surface area contributed by atoms with E-state index in [1.807, 2.05) is 0 Å². The number of ether oxygens (including phenoxy) is 1. The lowest BCUT2D eigenvalue weighted by Crippen LogP contribution is -2.40. The average molecular weight is 439 g/mol. The second-order valence-electron chi connectivity index (χ2n) is 11.5. The van der Waals surface area contributed by atoms with Gasteiger partial charge in [-0.1, -0.05) is 76.1 Å². The third kappa shape index (κ3) is 5.81. The fourth-order valence-corrected chi connectivity index (χ4v) is 7.69. The summed E-state index contributed by atoms with van der Waals surface area (Å²) in [4.78, 5) is 0. The molecule has 1 nitrogen and oxygen atoms in total. The van der Waals surface area contributed by atoms with Gasteiger partial charge in [-0.3, -0.25) is 0 Å². The summed E-state index contributed by atoms with van der Waals surface area (Å²) >= 11 is 0. The molecule has 0 radical (unpaired) electrons. The van der Waals surface area contributed by atoms with Gasteiger partial charge in [0.2, 0.25) is 0 Å². The van der Waals surface area contributed by atoms with Crippen molar-refractivity contribution >= 4 is 0 Å². The van der Waals surface area contributed by atoms with E-state index in [-0.39, 0.29) is 0 Å². The minimum Gasteiger partial charge on any atom is -0.379 e. The van der Waals surface area contributed by atoms with Gasteiger partial charge in [0.25, 0.3) is 0 Å². The first-order valence-electron chi connectivity index (χ1n) is 14.5. The fourth-order valence-electron chi connectivity index (χ4n) is 7.69. The smallest absolute Gasteiger partial charge is 0.0575 e. The first kappa shape index (κ1) is 24.3. The summed E-state index contributed by atoms with van der Waals surface area (Å²) in [6, 6.07) is 10.2. The van der Waals surface area contributed by atoms with Crippen LogP contribution in [0.3, 0.4) is 0 Å². The zero-order chi connectivity index (χ0) is 22.2. The van der Waals surface area contributed by atoms with E-state index in [2.05, 4.69) is 38.1 Å². The first-order valence-corrected chi connectivity index (χ1v) is 14.5. The Morgan fingerprint density at radius 1 is 0.781 bits per heavy atom. The summed E-state index contributed by atoms with van der Waals surface area (Å²) in [5.74, 6) is 2.69. The van der Waals surface area contributed by atoms with Gasteiger partial charge in [0.1, 0.15) is 0 Å². The zero-order valence-corrected chi connectivity index (χ0v) is 21.3. The van der Waals surface area contributed by atoms with E-state index in [1.54, 1.807) is 11.1 Å². The molecule has 32 heavy (non-hydrogen) atoms. The molecule has 1 aromatic carbocycles. The Morgan fingerprint density at radius 3 is 2.09 bits per heavy atom. The third-order valence-electron chi connectivity index (χ3n) is 9.62. The maximum Gasteiger partial charge on any atom is 0.0575 e. The van der Waals surface area contributed by atoms with Gasteiger partial charge in [0, 0.05) is 6.61 Å². The topological polar surface area (TPSA) is 9.23 Å². The number of benzene rings is 1. The van der Waals surface area contributed by atoms with Crippen molar-refractivity contribution < 1.29 is 4.74 Å². The normalized spacial score (nSPS) is 30.8. The molecule has 0 amide bonds. The second-order valence-corrected chi connectivity index (χ2v) is 11.5. The number of unbranched alkanes of at least 4 members (excludes halogenated alkanes) is 2. The monoisotopic (exact) mass is 438 g/mol. The molecule has 0 N–H and O–H groups in total. The molecular formula is C31H50O. The summed E-state index contributed by atoms with van der Waals surface area (Å²) in [5.41, 5.74) is 3.76. The maximum absolute atomic E-state index is 5.97. The molecule has 0 atom stereocenters. The van der Waals surface area contributed by atoms with Crippen LogP contribution in [0.4, 0.5) is 0 Å². The highest BCUT2D eigenvalue weighted by Crippen LogP contribution is 2.50. The highest BCUT2D eigenvalue weighted by atomic mass is 16.5. The molecule has 180 valence electrons. The van der Waals surface area contributed by atoms with E-state index in [1.165, 1.54) is 109 Å². The van der Waals surface area contributed by atoms with Crippen LogP contribution in [0.5, 0.6) is 0 Å². The summed E-state index contributed by atoms with van der Waals surface area (Å²) in [6.07, 6.45) is 24.4. The van der Waals surface area contributed by atoms with Crippen LogP contribution in [0.2, 0.25) is 0 Å². The van der Waals surface area contributed by atoms with Crippen molar-refractivity contribution in [2.24, 2.45) is 11.8 Å². The summed E-state index contributed by atoms with van der Waals surface area (Å²) < 4.78 is 5.97. The summed E-state index contributed by atoms with van der Waals surface area (Å²) in [6.45, 7) is 5.35. The predicted molar refractivity (Wildman–Crippen MR) is 137 cm³/mol. The van der Waals surface area contributed by atoms with E-state index >= 15 is 0 Å². The predicted octanol–water partition coefficient (Wildman–Crippen LogP) is 9.34. The molecule has 0 aromatic heterocycles. The van der Waals surface area contributed by atoms with E-state index in [0.29, 0.717) is 11.5 Å². The van der Waals surface area contributed by atoms with Crippen molar-refractivity contribution in [1.82, 2.24) is 0 Å². The van der Waals surface area contributed by atoms with Gasteiger partial charge in [-0.2, -0.15) is 0 Å². The van der Waals surface area contributed by atoms with Crippen LogP contribution in [0.15, 0.2) is 24.3 Å². The van der Waals surface area contributed by atoms with Crippen LogP contribution in [-0.4, -0.2) is 12.7 Å². The molecule has 0 bridgehead atoms. The van der Waals surface area contributed by atoms with E-state index < -0.39 is 0 Å². The van der Waals surface area contributed by atoms with Gasteiger partial charge < -0.3 is 4.74 Å². The van der Waals surface area contributed by atoms with E-state index in [0.717, 1.165) is 24.4 Å². The molecule has 3 aliphatic rings. The Kier molecular flexibility index (Phi) is 9.15. The molecule has 3 aliphatic carbocycles. The number of hydrogen-bond acceptors (Lipinski definition) is 1. The largest absolute Gasteiger partial charge is 0.379 e. The van der Waals surface area contributed by atoms with Crippen LogP contribution in [0.1, 0.15) is 140 Å². The number of rotatable bonds is 9. The molecule has 4 rings (SSSR count). The summed E-state index contributed by atoms with van der Waals surface area (Å²) in [7, 11) is 0.